The lowest BCUT2D eigenvalue weighted by Crippen LogP contribution is -2.22. The van der Waals surface area contributed by atoms with Crippen molar-refractivity contribution >= 4 is 11.4 Å². The number of benzene rings is 1. The first-order valence-corrected chi connectivity index (χ1v) is 5.95. The molecular formula is C14H19N3O. The van der Waals surface area contributed by atoms with Crippen molar-refractivity contribution in [3.05, 3.63) is 36.5 Å². The van der Waals surface area contributed by atoms with E-state index in [9.17, 15) is 0 Å². The number of rotatable bonds is 5. The van der Waals surface area contributed by atoms with Crippen LogP contribution in [-0.4, -0.2) is 32.3 Å². The third-order valence-corrected chi connectivity index (χ3v) is 2.95. The molecule has 0 unspecified atom stereocenters. The molecule has 1 aromatic carbocycles. The highest BCUT2D eigenvalue weighted by molar-refractivity contribution is 5.79. The van der Waals surface area contributed by atoms with Crippen molar-refractivity contribution in [3.8, 4) is 11.3 Å². The molecule has 0 saturated carbocycles. The number of aromatic amines is 1. The molecule has 3 N–H and O–H groups in total. The van der Waals surface area contributed by atoms with Crippen molar-refractivity contribution in [2.45, 2.75) is 0 Å². The van der Waals surface area contributed by atoms with E-state index in [-0.39, 0.29) is 0 Å². The van der Waals surface area contributed by atoms with Crippen LogP contribution in [0.15, 0.2) is 36.5 Å². The number of aromatic nitrogens is 1. The maximum atomic E-state index is 5.88. The third kappa shape index (κ3) is 2.65. The SMILES string of the molecule is COCCN(C)c1ccc(N)cc1-c1ccc[nH]1. The molecule has 2 aromatic rings. The van der Waals surface area contributed by atoms with E-state index in [4.69, 9.17) is 10.5 Å². The van der Waals surface area contributed by atoms with Gasteiger partial charge in [0, 0.05) is 49.5 Å². The summed E-state index contributed by atoms with van der Waals surface area (Å²) in [7, 11) is 3.76. The number of nitrogens with two attached hydrogens (primary N) is 1. The Kier molecular flexibility index (Phi) is 3.89. The second kappa shape index (κ2) is 5.60. The molecule has 0 spiro atoms. The lowest BCUT2D eigenvalue weighted by atomic mass is 10.1. The summed E-state index contributed by atoms with van der Waals surface area (Å²) in [6, 6.07) is 9.98. The van der Waals surface area contributed by atoms with Crippen LogP contribution in [0.3, 0.4) is 0 Å². The highest BCUT2D eigenvalue weighted by Gasteiger charge is 2.10. The van der Waals surface area contributed by atoms with Crippen LogP contribution in [0, 0.1) is 0 Å². The number of H-pyrrole nitrogens is 1. The molecule has 0 fully saturated rings. The fourth-order valence-electron chi connectivity index (χ4n) is 1.95. The summed E-state index contributed by atoms with van der Waals surface area (Å²) in [5, 5.41) is 0. The lowest BCUT2D eigenvalue weighted by molar-refractivity contribution is 0.206. The topological polar surface area (TPSA) is 54.3 Å². The van der Waals surface area contributed by atoms with Crippen LogP contribution in [-0.2, 0) is 4.74 Å². The van der Waals surface area contributed by atoms with Crippen LogP contribution < -0.4 is 10.6 Å². The Labute approximate surface area is 107 Å². The van der Waals surface area contributed by atoms with Gasteiger partial charge in [-0.3, -0.25) is 0 Å². The first-order valence-electron chi connectivity index (χ1n) is 5.95. The van der Waals surface area contributed by atoms with E-state index in [1.807, 2.05) is 36.5 Å². The van der Waals surface area contributed by atoms with Gasteiger partial charge in [-0.1, -0.05) is 0 Å². The quantitative estimate of drug-likeness (QED) is 0.795. The van der Waals surface area contributed by atoms with Gasteiger partial charge in [0.15, 0.2) is 0 Å². The van der Waals surface area contributed by atoms with Gasteiger partial charge in [-0.25, -0.2) is 0 Å². The fourth-order valence-corrected chi connectivity index (χ4v) is 1.95. The molecule has 18 heavy (non-hydrogen) atoms. The fraction of sp³-hybridized carbons (Fsp3) is 0.286. The first kappa shape index (κ1) is 12.5. The van der Waals surface area contributed by atoms with Crippen LogP contribution in [0.4, 0.5) is 11.4 Å². The van der Waals surface area contributed by atoms with Crippen LogP contribution in [0.1, 0.15) is 0 Å². The summed E-state index contributed by atoms with van der Waals surface area (Å²) in [5.74, 6) is 0. The number of hydrogen-bond acceptors (Lipinski definition) is 3. The molecule has 1 heterocycles. The summed E-state index contributed by atoms with van der Waals surface area (Å²) in [6.07, 6.45) is 1.91. The van der Waals surface area contributed by atoms with E-state index in [0.29, 0.717) is 6.61 Å². The predicted molar refractivity (Wildman–Crippen MR) is 75.8 cm³/mol. The molecule has 0 aliphatic rings. The molecule has 96 valence electrons. The van der Waals surface area contributed by atoms with Crippen LogP contribution in [0.25, 0.3) is 11.3 Å². The monoisotopic (exact) mass is 245 g/mol. The molecule has 4 nitrogen and oxygen atoms in total. The van der Waals surface area contributed by atoms with Crippen molar-refractivity contribution in [1.82, 2.24) is 4.98 Å². The largest absolute Gasteiger partial charge is 0.399 e. The van der Waals surface area contributed by atoms with Crippen molar-refractivity contribution in [1.29, 1.82) is 0 Å². The van der Waals surface area contributed by atoms with Crippen LogP contribution in [0.5, 0.6) is 0 Å². The second-order valence-corrected chi connectivity index (χ2v) is 4.27. The lowest BCUT2D eigenvalue weighted by Gasteiger charge is -2.22. The smallest absolute Gasteiger partial charge is 0.0637 e. The van der Waals surface area contributed by atoms with E-state index >= 15 is 0 Å². The number of nitrogen functional groups attached to an aromatic ring is 1. The van der Waals surface area contributed by atoms with Gasteiger partial charge in [-0.15, -0.1) is 0 Å². The minimum Gasteiger partial charge on any atom is -0.399 e. The number of ether oxygens (including phenoxy) is 1. The van der Waals surface area contributed by atoms with Gasteiger partial charge in [0.1, 0.15) is 0 Å². The molecule has 0 radical (unpaired) electrons. The summed E-state index contributed by atoms with van der Waals surface area (Å²) < 4.78 is 5.11. The zero-order valence-corrected chi connectivity index (χ0v) is 10.8. The van der Waals surface area contributed by atoms with Gasteiger partial charge in [0.2, 0.25) is 0 Å². The number of anilines is 2. The van der Waals surface area contributed by atoms with Gasteiger partial charge < -0.3 is 20.4 Å². The van der Waals surface area contributed by atoms with E-state index in [2.05, 4.69) is 16.9 Å². The van der Waals surface area contributed by atoms with Crippen molar-refractivity contribution < 1.29 is 4.74 Å². The Hall–Kier alpha value is -1.94. The molecule has 4 heteroatoms. The Bertz CT molecular complexity index is 494. The molecule has 2 rings (SSSR count). The second-order valence-electron chi connectivity index (χ2n) is 4.27. The molecule has 0 saturated heterocycles. The summed E-state index contributed by atoms with van der Waals surface area (Å²) in [6.45, 7) is 1.54. The third-order valence-electron chi connectivity index (χ3n) is 2.95. The maximum Gasteiger partial charge on any atom is 0.0637 e. The molecule has 1 aromatic heterocycles. The molecule has 0 atom stereocenters. The van der Waals surface area contributed by atoms with E-state index in [1.54, 1.807) is 7.11 Å². The van der Waals surface area contributed by atoms with Gasteiger partial charge in [-0.05, 0) is 30.3 Å². The minimum absolute atomic E-state index is 0.699. The predicted octanol–water partition coefficient (Wildman–Crippen LogP) is 2.35. The minimum atomic E-state index is 0.699. The summed E-state index contributed by atoms with van der Waals surface area (Å²) in [5.41, 5.74) is 9.97. The van der Waals surface area contributed by atoms with Gasteiger partial charge in [-0.2, -0.15) is 0 Å². The van der Waals surface area contributed by atoms with E-state index < -0.39 is 0 Å². The van der Waals surface area contributed by atoms with Crippen molar-refractivity contribution in [3.63, 3.8) is 0 Å². The summed E-state index contributed by atoms with van der Waals surface area (Å²) in [4.78, 5) is 5.38. The number of methoxy groups -OCH3 is 1. The summed E-state index contributed by atoms with van der Waals surface area (Å²) >= 11 is 0. The first-order chi connectivity index (χ1) is 8.72. The number of nitrogens with one attached hydrogen (secondary N) is 1. The Balaban J connectivity index is 2.35. The Morgan fingerprint density at radius 1 is 1.33 bits per heavy atom. The van der Waals surface area contributed by atoms with Gasteiger partial charge in [0.05, 0.1) is 6.61 Å². The zero-order valence-electron chi connectivity index (χ0n) is 10.8. The Morgan fingerprint density at radius 3 is 2.83 bits per heavy atom. The van der Waals surface area contributed by atoms with E-state index in [1.165, 1.54) is 0 Å². The highest BCUT2D eigenvalue weighted by Crippen LogP contribution is 2.31. The Morgan fingerprint density at radius 2 is 2.17 bits per heavy atom. The molecular weight excluding hydrogens is 226 g/mol. The molecule has 0 aliphatic carbocycles. The molecule has 0 aliphatic heterocycles. The highest BCUT2D eigenvalue weighted by atomic mass is 16.5. The van der Waals surface area contributed by atoms with E-state index in [0.717, 1.165) is 29.2 Å². The zero-order chi connectivity index (χ0) is 13.0. The van der Waals surface area contributed by atoms with Gasteiger partial charge >= 0.3 is 0 Å². The number of hydrogen-bond donors (Lipinski definition) is 2. The molecule has 0 amide bonds. The van der Waals surface area contributed by atoms with Crippen LogP contribution in [0.2, 0.25) is 0 Å². The number of nitrogens with zero attached hydrogens (tertiary/aromatic N) is 1. The standard InChI is InChI=1S/C14H19N3O/c1-17(8-9-18-2)14-6-5-11(15)10-12(14)13-4-3-7-16-13/h3-7,10,16H,8-9,15H2,1-2H3. The molecule has 0 bridgehead atoms. The normalized spacial score (nSPS) is 10.6. The van der Waals surface area contributed by atoms with Crippen LogP contribution >= 0.6 is 0 Å². The average molecular weight is 245 g/mol. The number of likely N-dealkylation sites (N-methyl/N-ethyl adjacent to an activating group) is 1. The van der Waals surface area contributed by atoms with Gasteiger partial charge in [0.25, 0.3) is 0 Å². The maximum absolute atomic E-state index is 5.88. The van der Waals surface area contributed by atoms with Crippen molar-refractivity contribution in [2.75, 3.05) is 37.9 Å². The van der Waals surface area contributed by atoms with Crippen molar-refractivity contribution in [2.24, 2.45) is 0 Å². The average Bonchev–Trinajstić information content (AvgIpc) is 2.89.